The Bertz CT molecular complexity index is 1140. The van der Waals surface area contributed by atoms with Crippen LogP contribution in [0.1, 0.15) is 42.7 Å². The van der Waals surface area contributed by atoms with Gasteiger partial charge in [-0.2, -0.15) is 13.2 Å². The summed E-state index contributed by atoms with van der Waals surface area (Å²) in [5, 5.41) is 3.88. The summed E-state index contributed by atoms with van der Waals surface area (Å²) >= 11 is 0. The Morgan fingerprint density at radius 3 is 2.42 bits per heavy atom. The van der Waals surface area contributed by atoms with Crippen LogP contribution in [0.4, 0.5) is 18.9 Å². The number of alkyl halides is 3. The predicted molar refractivity (Wildman–Crippen MR) is 118 cm³/mol. The standard InChI is InChI=1S/C25H25F3N2O3/c1-32-19-10-16(11-19)24(31)30-23-13-29-22-7-6-18(12-21(22)23)33-20-8-15(9-20)14-2-4-17(5-3-14)25(26,27)28/h2-7,12-13,15-16,19-20,29H,8-11H2,1H3,(H,30,31)/t15-,16?,19?,20-. The van der Waals surface area contributed by atoms with E-state index in [0.717, 1.165) is 60.0 Å². The van der Waals surface area contributed by atoms with Crippen LogP contribution in [0.5, 0.6) is 5.75 Å². The number of benzene rings is 2. The SMILES string of the molecule is COC1CC(C(=O)Nc2c[nH]c3ccc(O[C@H]4C[C@H](c5ccc(C(F)(F)F)cc5)C4)cc23)C1. The minimum atomic E-state index is -4.32. The number of amides is 1. The third kappa shape index (κ3) is 4.44. The van der Waals surface area contributed by atoms with E-state index in [1.807, 2.05) is 18.2 Å². The number of H-pyrrole nitrogens is 1. The van der Waals surface area contributed by atoms with E-state index in [1.54, 1.807) is 25.4 Å². The number of carbonyl (C=O) groups excluding carboxylic acids is 1. The Morgan fingerprint density at radius 2 is 1.76 bits per heavy atom. The van der Waals surface area contributed by atoms with Gasteiger partial charge in [-0.1, -0.05) is 12.1 Å². The second-order valence-electron chi connectivity index (χ2n) is 8.95. The molecule has 174 valence electrons. The average molecular weight is 458 g/mol. The van der Waals surface area contributed by atoms with Gasteiger partial charge in [-0.25, -0.2) is 0 Å². The number of ether oxygens (including phenoxy) is 2. The van der Waals surface area contributed by atoms with Crippen molar-refractivity contribution in [2.45, 2.75) is 50.0 Å². The summed E-state index contributed by atoms with van der Waals surface area (Å²) in [7, 11) is 1.66. The zero-order valence-electron chi connectivity index (χ0n) is 18.1. The molecule has 1 heterocycles. The van der Waals surface area contributed by atoms with Crippen LogP contribution in [-0.4, -0.2) is 30.2 Å². The highest BCUT2D eigenvalue weighted by atomic mass is 19.4. The topological polar surface area (TPSA) is 63.3 Å². The molecular formula is C25H25F3N2O3. The van der Waals surface area contributed by atoms with Crippen molar-refractivity contribution >= 4 is 22.5 Å². The number of carbonyl (C=O) groups is 1. The molecule has 2 fully saturated rings. The molecule has 5 rings (SSSR count). The lowest BCUT2D eigenvalue weighted by atomic mass is 9.77. The van der Waals surface area contributed by atoms with Crippen LogP contribution >= 0.6 is 0 Å². The van der Waals surface area contributed by atoms with Crippen molar-refractivity contribution < 1.29 is 27.4 Å². The van der Waals surface area contributed by atoms with Crippen molar-refractivity contribution in [2.24, 2.45) is 5.92 Å². The molecule has 33 heavy (non-hydrogen) atoms. The second kappa shape index (κ2) is 8.41. The maximum absolute atomic E-state index is 12.7. The molecular weight excluding hydrogens is 433 g/mol. The molecule has 0 unspecified atom stereocenters. The summed E-state index contributed by atoms with van der Waals surface area (Å²) in [6.45, 7) is 0. The Morgan fingerprint density at radius 1 is 1.03 bits per heavy atom. The second-order valence-corrected chi connectivity index (χ2v) is 8.95. The molecule has 0 saturated heterocycles. The highest BCUT2D eigenvalue weighted by Crippen LogP contribution is 2.41. The molecule has 0 radical (unpaired) electrons. The van der Waals surface area contributed by atoms with Gasteiger partial charge in [0, 0.05) is 30.1 Å². The van der Waals surface area contributed by atoms with Crippen molar-refractivity contribution in [3.05, 3.63) is 59.8 Å². The highest BCUT2D eigenvalue weighted by molar-refractivity contribution is 6.03. The average Bonchev–Trinajstić information content (AvgIpc) is 3.11. The Hall–Kier alpha value is -3.00. The van der Waals surface area contributed by atoms with Gasteiger partial charge in [-0.3, -0.25) is 4.79 Å². The number of methoxy groups -OCH3 is 1. The van der Waals surface area contributed by atoms with Gasteiger partial charge in [-0.15, -0.1) is 0 Å². The number of halogens is 3. The van der Waals surface area contributed by atoms with E-state index < -0.39 is 11.7 Å². The van der Waals surface area contributed by atoms with E-state index >= 15 is 0 Å². The van der Waals surface area contributed by atoms with Crippen LogP contribution in [0.25, 0.3) is 10.9 Å². The smallest absolute Gasteiger partial charge is 0.416 e. The molecule has 0 bridgehead atoms. The minimum absolute atomic E-state index is 0.00565. The van der Waals surface area contributed by atoms with Crippen LogP contribution < -0.4 is 10.1 Å². The van der Waals surface area contributed by atoms with E-state index in [4.69, 9.17) is 9.47 Å². The van der Waals surface area contributed by atoms with Gasteiger partial charge in [0.2, 0.25) is 5.91 Å². The summed E-state index contributed by atoms with van der Waals surface area (Å²) in [4.78, 5) is 15.7. The Balaban J connectivity index is 1.19. The van der Waals surface area contributed by atoms with Gasteiger partial charge < -0.3 is 19.8 Å². The van der Waals surface area contributed by atoms with Crippen LogP contribution in [0.3, 0.4) is 0 Å². The molecule has 0 spiro atoms. The third-order valence-corrected chi connectivity index (χ3v) is 6.82. The van der Waals surface area contributed by atoms with E-state index in [-0.39, 0.29) is 30.0 Å². The molecule has 2 aromatic carbocycles. The molecule has 0 atom stereocenters. The predicted octanol–water partition coefficient (Wildman–Crippen LogP) is 5.88. The van der Waals surface area contributed by atoms with Gasteiger partial charge in [0.05, 0.1) is 23.5 Å². The molecule has 2 aliphatic carbocycles. The fourth-order valence-electron chi connectivity index (χ4n) is 4.55. The fourth-order valence-corrected chi connectivity index (χ4v) is 4.55. The van der Waals surface area contributed by atoms with E-state index in [2.05, 4.69) is 10.3 Å². The van der Waals surface area contributed by atoms with Crippen LogP contribution in [0.15, 0.2) is 48.7 Å². The van der Waals surface area contributed by atoms with Crippen molar-refractivity contribution in [1.29, 1.82) is 0 Å². The van der Waals surface area contributed by atoms with Crippen molar-refractivity contribution in [1.82, 2.24) is 4.98 Å². The molecule has 2 aliphatic rings. The first-order valence-corrected chi connectivity index (χ1v) is 11.1. The molecule has 1 aromatic heterocycles. The first-order chi connectivity index (χ1) is 15.8. The van der Waals surface area contributed by atoms with Gasteiger partial charge >= 0.3 is 6.18 Å². The molecule has 8 heteroatoms. The normalized spacial score (nSPS) is 24.7. The molecule has 2 N–H and O–H groups in total. The number of anilines is 1. The van der Waals surface area contributed by atoms with Gasteiger partial charge in [-0.05, 0) is 67.5 Å². The summed E-state index contributed by atoms with van der Waals surface area (Å²) < 4.78 is 49.6. The Labute approximate surface area is 189 Å². The highest BCUT2D eigenvalue weighted by Gasteiger charge is 2.35. The third-order valence-electron chi connectivity index (χ3n) is 6.82. The van der Waals surface area contributed by atoms with Crippen molar-refractivity contribution in [3.8, 4) is 5.75 Å². The molecule has 0 aliphatic heterocycles. The van der Waals surface area contributed by atoms with Crippen LogP contribution in [-0.2, 0) is 15.7 Å². The van der Waals surface area contributed by atoms with Gasteiger partial charge in [0.1, 0.15) is 5.75 Å². The van der Waals surface area contributed by atoms with Crippen LogP contribution in [0, 0.1) is 5.92 Å². The lowest BCUT2D eigenvalue weighted by molar-refractivity contribution is -0.137. The summed E-state index contributed by atoms with van der Waals surface area (Å²) in [6.07, 6.45) is 0.615. The zero-order chi connectivity index (χ0) is 23.2. The summed E-state index contributed by atoms with van der Waals surface area (Å²) in [5.41, 5.74) is 1.90. The van der Waals surface area contributed by atoms with Crippen molar-refractivity contribution in [3.63, 3.8) is 0 Å². The maximum Gasteiger partial charge on any atom is 0.416 e. The quantitative estimate of drug-likeness (QED) is 0.485. The van der Waals surface area contributed by atoms with E-state index in [9.17, 15) is 18.0 Å². The first-order valence-electron chi connectivity index (χ1n) is 11.1. The zero-order valence-corrected chi connectivity index (χ0v) is 18.1. The number of rotatable bonds is 6. The number of nitrogens with one attached hydrogen (secondary N) is 2. The van der Waals surface area contributed by atoms with E-state index in [0.29, 0.717) is 5.75 Å². The number of hydrogen-bond acceptors (Lipinski definition) is 3. The van der Waals surface area contributed by atoms with E-state index in [1.165, 1.54) is 0 Å². The fraction of sp³-hybridized carbons (Fsp3) is 0.400. The number of aromatic nitrogens is 1. The monoisotopic (exact) mass is 458 g/mol. The molecule has 2 saturated carbocycles. The van der Waals surface area contributed by atoms with Gasteiger partial charge in [0.15, 0.2) is 0 Å². The van der Waals surface area contributed by atoms with Gasteiger partial charge in [0.25, 0.3) is 0 Å². The summed E-state index contributed by atoms with van der Waals surface area (Å²) in [5.74, 6) is 0.864. The maximum atomic E-state index is 12.7. The Kier molecular flexibility index (Phi) is 5.56. The lowest BCUT2D eigenvalue weighted by Crippen LogP contribution is -2.38. The number of aromatic amines is 1. The summed E-state index contributed by atoms with van der Waals surface area (Å²) in [6, 6.07) is 11.1. The van der Waals surface area contributed by atoms with Crippen molar-refractivity contribution in [2.75, 3.05) is 12.4 Å². The molecule has 1 amide bonds. The van der Waals surface area contributed by atoms with Crippen LogP contribution in [0.2, 0.25) is 0 Å². The molecule has 3 aromatic rings. The lowest BCUT2D eigenvalue weighted by Gasteiger charge is -2.36. The molecule has 5 nitrogen and oxygen atoms in total. The number of hydrogen-bond donors (Lipinski definition) is 2. The number of fused-ring (bicyclic) bond motifs is 1. The first kappa shape index (κ1) is 21.8. The minimum Gasteiger partial charge on any atom is -0.490 e. The largest absolute Gasteiger partial charge is 0.490 e.